The summed E-state index contributed by atoms with van der Waals surface area (Å²) in [5.41, 5.74) is 3.33. The highest BCUT2D eigenvalue weighted by atomic mass is 19.1. The van der Waals surface area contributed by atoms with Crippen LogP contribution in [0.5, 0.6) is 5.75 Å². The maximum atomic E-state index is 13.2. The van der Waals surface area contributed by atoms with Crippen LogP contribution in [-0.2, 0) is 16.1 Å². The molecular weight excluding hydrogens is 411 g/mol. The first-order chi connectivity index (χ1) is 15.3. The van der Waals surface area contributed by atoms with Crippen LogP contribution in [0.15, 0.2) is 60.6 Å². The highest BCUT2D eigenvalue weighted by Crippen LogP contribution is 2.27. The molecule has 0 saturated carbocycles. The first-order valence-corrected chi connectivity index (χ1v) is 10.2. The Morgan fingerprint density at radius 1 is 1.22 bits per heavy atom. The van der Waals surface area contributed by atoms with Gasteiger partial charge in [0.1, 0.15) is 11.6 Å². The van der Waals surface area contributed by atoms with Crippen molar-refractivity contribution < 1.29 is 19.1 Å². The number of hydrogen-bond acceptors (Lipinski definition) is 4. The van der Waals surface area contributed by atoms with Crippen LogP contribution < -0.4 is 0 Å². The lowest BCUT2D eigenvalue weighted by Crippen LogP contribution is -2.52. The highest BCUT2D eigenvalue weighted by molar-refractivity contribution is 5.99. The average Bonchev–Trinajstić information content (AvgIpc) is 3.18. The van der Waals surface area contributed by atoms with Crippen LogP contribution >= 0.6 is 0 Å². The minimum absolute atomic E-state index is 0.0635. The number of phenolic OH excluding ortho intramolecular Hbond substituents is 1. The van der Waals surface area contributed by atoms with E-state index in [4.69, 9.17) is 0 Å². The number of amides is 2. The number of phenols is 1. The zero-order chi connectivity index (χ0) is 22.8. The van der Waals surface area contributed by atoms with Crippen molar-refractivity contribution in [2.75, 3.05) is 6.54 Å². The lowest BCUT2D eigenvalue weighted by molar-refractivity contribution is -0.164. The molecule has 0 atom stereocenters. The SMILES string of the molecule is CC(=O)N1CCC(=Cc2ccc(-n3cnc(C)c3)c(O)c2)C(=O)N1Cc1ccc(F)cc1. The number of hydrogen-bond donors (Lipinski definition) is 1. The Balaban J connectivity index is 1.60. The fraction of sp³-hybridized carbons (Fsp3) is 0.208. The lowest BCUT2D eigenvalue weighted by Gasteiger charge is -2.38. The Hall–Kier alpha value is -3.94. The minimum atomic E-state index is -0.364. The van der Waals surface area contributed by atoms with Gasteiger partial charge in [-0.15, -0.1) is 0 Å². The van der Waals surface area contributed by atoms with Crippen LogP contribution in [0, 0.1) is 12.7 Å². The molecule has 4 rings (SSSR count). The van der Waals surface area contributed by atoms with Crippen molar-refractivity contribution >= 4 is 17.9 Å². The van der Waals surface area contributed by atoms with Crippen molar-refractivity contribution in [3.63, 3.8) is 0 Å². The summed E-state index contributed by atoms with van der Waals surface area (Å²) in [4.78, 5) is 29.5. The Bertz CT molecular complexity index is 1200. The summed E-state index contributed by atoms with van der Waals surface area (Å²) < 4.78 is 15.0. The largest absolute Gasteiger partial charge is 0.506 e. The molecule has 1 N–H and O–H groups in total. The third kappa shape index (κ3) is 4.39. The Morgan fingerprint density at radius 2 is 1.97 bits per heavy atom. The summed E-state index contributed by atoms with van der Waals surface area (Å²) in [5, 5.41) is 13.3. The fourth-order valence-corrected chi connectivity index (χ4v) is 3.71. The Labute approximate surface area is 185 Å². The van der Waals surface area contributed by atoms with Crippen molar-refractivity contribution in [2.45, 2.75) is 26.8 Å². The van der Waals surface area contributed by atoms with E-state index in [0.717, 1.165) is 5.69 Å². The van der Waals surface area contributed by atoms with Crippen LogP contribution in [0.25, 0.3) is 11.8 Å². The van der Waals surface area contributed by atoms with Gasteiger partial charge < -0.3 is 9.67 Å². The average molecular weight is 434 g/mol. The summed E-state index contributed by atoms with van der Waals surface area (Å²) in [6.45, 7) is 3.78. The molecule has 3 aromatic rings. The smallest absolute Gasteiger partial charge is 0.268 e. The second-order valence-electron chi connectivity index (χ2n) is 7.72. The first kappa shape index (κ1) is 21.3. The standard InChI is InChI=1S/C24H23FN4O3/c1-16-13-27(15-26-16)22-8-5-19(12-23(22)31)11-20-9-10-28(17(2)30)29(24(20)32)14-18-3-6-21(25)7-4-18/h3-8,11-13,15,31H,9-10,14H2,1-2H3. The van der Waals surface area contributed by atoms with Gasteiger partial charge in [0.05, 0.1) is 24.3 Å². The maximum absolute atomic E-state index is 13.2. The summed E-state index contributed by atoms with van der Waals surface area (Å²) in [6.07, 6.45) is 5.54. The summed E-state index contributed by atoms with van der Waals surface area (Å²) >= 11 is 0. The number of carbonyl (C=O) groups is 2. The van der Waals surface area contributed by atoms with E-state index in [1.807, 2.05) is 19.2 Å². The van der Waals surface area contributed by atoms with Gasteiger partial charge in [-0.3, -0.25) is 14.6 Å². The van der Waals surface area contributed by atoms with Gasteiger partial charge in [0.25, 0.3) is 5.91 Å². The normalized spacial score (nSPS) is 15.5. The van der Waals surface area contributed by atoms with Gasteiger partial charge in [0.2, 0.25) is 5.91 Å². The van der Waals surface area contributed by atoms with Gasteiger partial charge in [0, 0.05) is 25.2 Å². The van der Waals surface area contributed by atoms with E-state index in [1.165, 1.54) is 29.1 Å². The zero-order valence-electron chi connectivity index (χ0n) is 17.8. The number of hydrazine groups is 1. The van der Waals surface area contributed by atoms with Crippen LogP contribution in [-0.4, -0.2) is 43.0 Å². The third-order valence-corrected chi connectivity index (χ3v) is 5.33. The fourth-order valence-electron chi connectivity index (χ4n) is 3.71. The molecule has 0 radical (unpaired) electrons. The molecule has 7 nitrogen and oxygen atoms in total. The molecule has 0 aliphatic carbocycles. The molecule has 32 heavy (non-hydrogen) atoms. The van der Waals surface area contributed by atoms with Crippen LogP contribution in [0.1, 0.15) is 30.2 Å². The number of aromatic nitrogens is 2. The van der Waals surface area contributed by atoms with Crippen molar-refractivity contribution in [3.8, 4) is 11.4 Å². The van der Waals surface area contributed by atoms with Crippen LogP contribution in [0.3, 0.4) is 0 Å². The molecule has 2 aromatic carbocycles. The third-order valence-electron chi connectivity index (χ3n) is 5.33. The molecule has 164 valence electrons. The van der Waals surface area contributed by atoms with E-state index in [0.29, 0.717) is 35.4 Å². The number of rotatable bonds is 4. The van der Waals surface area contributed by atoms with Gasteiger partial charge in [-0.25, -0.2) is 14.4 Å². The van der Waals surface area contributed by atoms with E-state index in [9.17, 15) is 19.1 Å². The van der Waals surface area contributed by atoms with E-state index in [2.05, 4.69) is 4.98 Å². The second kappa shape index (κ2) is 8.66. The van der Waals surface area contributed by atoms with E-state index in [-0.39, 0.29) is 29.9 Å². The van der Waals surface area contributed by atoms with Gasteiger partial charge in [0.15, 0.2) is 0 Å². The Kier molecular flexibility index (Phi) is 5.77. The van der Waals surface area contributed by atoms with E-state index in [1.54, 1.807) is 41.2 Å². The minimum Gasteiger partial charge on any atom is -0.506 e. The van der Waals surface area contributed by atoms with Gasteiger partial charge in [-0.2, -0.15) is 0 Å². The topological polar surface area (TPSA) is 78.7 Å². The van der Waals surface area contributed by atoms with E-state index < -0.39 is 0 Å². The predicted molar refractivity (Wildman–Crippen MR) is 117 cm³/mol. The Morgan fingerprint density at radius 3 is 2.59 bits per heavy atom. The number of imidazole rings is 1. The number of aryl methyl sites for hydroxylation is 1. The number of halogens is 1. The van der Waals surface area contributed by atoms with Crippen LogP contribution in [0.4, 0.5) is 4.39 Å². The highest BCUT2D eigenvalue weighted by Gasteiger charge is 2.31. The number of nitrogens with zero attached hydrogens (tertiary/aromatic N) is 4. The van der Waals surface area contributed by atoms with Gasteiger partial charge in [-0.1, -0.05) is 18.2 Å². The monoisotopic (exact) mass is 434 g/mol. The van der Waals surface area contributed by atoms with Gasteiger partial charge in [-0.05, 0) is 54.8 Å². The van der Waals surface area contributed by atoms with E-state index >= 15 is 0 Å². The number of carbonyl (C=O) groups excluding carboxylic acids is 2. The first-order valence-electron chi connectivity index (χ1n) is 10.2. The lowest BCUT2D eigenvalue weighted by atomic mass is 10.0. The molecule has 1 fully saturated rings. The molecular formula is C24H23FN4O3. The molecule has 2 heterocycles. The van der Waals surface area contributed by atoms with Gasteiger partial charge >= 0.3 is 0 Å². The molecule has 1 aliphatic rings. The molecule has 0 bridgehead atoms. The maximum Gasteiger partial charge on any atom is 0.268 e. The molecule has 1 saturated heterocycles. The predicted octanol–water partition coefficient (Wildman–Crippen LogP) is 3.60. The summed E-state index contributed by atoms with van der Waals surface area (Å²) in [5.74, 6) is -0.841. The summed E-state index contributed by atoms with van der Waals surface area (Å²) in [6, 6.07) is 11.0. The molecule has 1 aliphatic heterocycles. The van der Waals surface area contributed by atoms with Crippen molar-refractivity contribution in [3.05, 3.63) is 83.2 Å². The molecule has 0 unspecified atom stereocenters. The molecule has 1 aromatic heterocycles. The molecule has 2 amide bonds. The van der Waals surface area contributed by atoms with Crippen molar-refractivity contribution in [1.29, 1.82) is 0 Å². The van der Waals surface area contributed by atoms with Crippen LogP contribution in [0.2, 0.25) is 0 Å². The van der Waals surface area contributed by atoms with Crippen molar-refractivity contribution in [2.24, 2.45) is 0 Å². The van der Waals surface area contributed by atoms with Crippen molar-refractivity contribution in [1.82, 2.24) is 19.6 Å². The second-order valence-corrected chi connectivity index (χ2v) is 7.72. The molecule has 8 heteroatoms. The quantitative estimate of drug-likeness (QED) is 0.637. The molecule has 0 spiro atoms. The zero-order valence-corrected chi connectivity index (χ0v) is 17.8. The summed E-state index contributed by atoms with van der Waals surface area (Å²) in [7, 11) is 0. The number of benzene rings is 2. The number of aromatic hydroxyl groups is 1.